The Kier molecular flexibility index (Phi) is 23.9. The van der Waals surface area contributed by atoms with E-state index in [9.17, 15) is 61.2 Å². The number of nitrogens with zero attached hydrogens (tertiary/aromatic N) is 8. The molecular formula is C75H93N13O16S2. The standard InChI is InChI=1S/C75H93N13O16S2/c1-47(2)63(82-60(89)18-7-6-10-29-86-61(90)25-26-62(86)91)66(93)79-57(16-12-28-76)67(94)88(69(77)97)51-21-19-49(20-22-51)39-103-71(98)84(32-36-106(99,100)101)31-33-102-34-35-104-75-43-72(4)40-73(5,44-75)42-74(41-72,45-75)46-87-48(3)54(37-78-87)52-23-24-59(81-64(52)68(95)96)85-30-27-50-13-11-14-53(55(50)38-85)65(92)83-70-80-56-15-8-9-17-58(56)105-70/h8-9,11,13-15,17,19-26,37,47,57,63H,6-7,10,12,16,18,27-36,38-46,76H2,1-5H3,(H2,77,97)(H,79,93)(H,82,89)(H,95,96)(H,80,83,92)(H,99,100,101)/t57-,63-,72?,73?,74?,75?/m0/s1. The number of carbonyl (C=O) groups is 9. The van der Waals surface area contributed by atoms with Gasteiger partial charge in [-0.1, -0.05) is 81.9 Å². The van der Waals surface area contributed by atoms with Crippen molar-refractivity contribution in [3.05, 3.63) is 131 Å². The van der Waals surface area contributed by atoms with Gasteiger partial charge in [0.2, 0.25) is 11.8 Å². The molecule has 106 heavy (non-hydrogen) atoms. The first-order valence-electron chi connectivity index (χ1n) is 35.9. The minimum Gasteiger partial charge on any atom is -0.476 e. The third-order valence-electron chi connectivity index (χ3n) is 20.7. The van der Waals surface area contributed by atoms with Crippen LogP contribution in [0.2, 0.25) is 0 Å². The summed E-state index contributed by atoms with van der Waals surface area (Å²) in [6.07, 6.45) is 11.0. The fourth-order valence-electron chi connectivity index (χ4n) is 17.0. The topological polar surface area (TPSA) is 401 Å². The Hall–Kier alpha value is -9.53. The second-order valence-electron chi connectivity index (χ2n) is 29.8. The molecule has 4 fully saturated rings. The van der Waals surface area contributed by atoms with E-state index in [4.69, 9.17) is 35.8 Å². The van der Waals surface area contributed by atoms with E-state index in [0.29, 0.717) is 83.4 Å². The summed E-state index contributed by atoms with van der Waals surface area (Å²) in [6.45, 7) is 11.3. The molecule has 4 aliphatic carbocycles. The minimum absolute atomic E-state index is 0.0116. The smallest absolute Gasteiger partial charge is 0.410 e. The molecule has 3 aromatic carbocycles. The summed E-state index contributed by atoms with van der Waals surface area (Å²) in [5, 5.41) is 24.6. The first-order chi connectivity index (χ1) is 50.4. The van der Waals surface area contributed by atoms with E-state index in [1.807, 2.05) is 59.0 Å². The number of para-hydroxylation sites is 1. The molecule has 9 N–H and O–H groups in total. The Morgan fingerprint density at radius 2 is 1.55 bits per heavy atom. The summed E-state index contributed by atoms with van der Waals surface area (Å²) >= 11 is 1.40. The fraction of sp³-hybridized carbons (Fsp3) is 0.493. The number of primary amides is 1. The minimum atomic E-state index is -4.51. The van der Waals surface area contributed by atoms with Crippen LogP contribution in [0.25, 0.3) is 21.3 Å². The van der Waals surface area contributed by atoms with E-state index in [1.165, 1.54) is 47.8 Å². The lowest BCUT2D eigenvalue weighted by Crippen LogP contribution is -2.64. The summed E-state index contributed by atoms with van der Waals surface area (Å²) in [5.41, 5.74) is 16.2. The molecule has 4 atom stereocenters. The summed E-state index contributed by atoms with van der Waals surface area (Å²) in [7, 11) is -4.51. The van der Waals surface area contributed by atoms with E-state index in [-0.39, 0.29) is 111 Å². The van der Waals surface area contributed by atoms with Gasteiger partial charge in [-0.15, -0.1) is 0 Å². The van der Waals surface area contributed by atoms with Gasteiger partial charge in [-0.05, 0) is 165 Å². The molecule has 6 aromatic rings. The van der Waals surface area contributed by atoms with Crippen LogP contribution in [0, 0.1) is 29.1 Å². The van der Waals surface area contributed by atoms with Crippen LogP contribution in [0.5, 0.6) is 0 Å². The lowest BCUT2D eigenvalue weighted by atomic mass is 9.39. The maximum Gasteiger partial charge on any atom is 0.410 e. The van der Waals surface area contributed by atoms with Crippen LogP contribution >= 0.6 is 11.3 Å². The van der Waals surface area contributed by atoms with Gasteiger partial charge in [-0.2, -0.15) is 13.5 Å². The first-order valence-corrected chi connectivity index (χ1v) is 38.3. The molecule has 31 heteroatoms. The number of benzene rings is 3. The van der Waals surface area contributed by atoms with Crippen molar-refractivity contribution in [3.8, 4) is 11.1 Å². The predicted molar refractivity (Wildman–Crippen MR) is 395 cm³/mol. The van der Waals surface area contributed by atoms with E-state index < -0.39 is 81.8 Å². The number of hydrogen-bond donors (Lipinski definition) is 7. The molecule has 0 spiro atoms. The number of carbonyl (C=O) groups excluding carboxylic acids is 8. The quantitative estimate of drug-likeness (QED) is 0.0113. The summed E-state index contributed by atoms with van der Waals surface area (Å²) in [4.78, 5) is 133. The van der Waals surface area contributed by atoms with Crippen LogP contribution in [0.4, 0.5) is 26.2 Å². The largest absolute Gasteiger partial charge is 0.476 e. The molecule has 2 aliphatic heterocycles. The number of anilines is 3. The Morgan fingerprint density at radius 3 is 2.24 bits per heavy atom. The average molecular weight is 1500 g/mol. The molecule has 566 valence electrons. The van der Waals surface area contributed by atoms with Crippen LogP contribution in [0.15, 0.2) is 97.2 Å². The van der Waals surface area contributed by atoms with Crippen molar-refractivity contribution in [3.63, 3.8) is 0 Å². The number of nitrogens with one attached hydrogen (secondary N) is 3. The highest BCUT2D eigenvalue weighted by atomic mass is 32.2. The number of carboxylic acids is 1. The first kappa shape index (κ1) is 77.6. The lowest BCUT2D eigenvalue weighted by Gasteiger charge is -2.69. The van der Waals surface area contributed by atoms with Crippen LogP contribution in [0.3, 0.4) is 0 Å². The summed E-state index contributed by atoms with van der Waals surface area (Å²) < 4.78 is 55.1. The highest BCUT2D eigenvalue weighted by Crippen LogP contribution is 2.72. The van der Waals surface area contributed by atoms with Crippen molar-refractivity contribution in [2.75, 3.05) is 73.4 Å². The number of rotatable bonds is 34. The van der Waals surface area contributed by atoms with E-state index in [1.54, 1.807) is 32.2 Å². The molecule has 6 aliphatic rings. The number of pyridine rings is 1. The van der Waals surface area contributed by atoms with Gasteiger partial charge < -0.3 is 51.2 Å². The Labute approximate surface area is 618 Å². The second-order valence-corrected chi connectivity index (χ2v) is 32.4. The van der Waals surface area contributed by atoms with Gasteiger partial charge >= 0.3 is 18.1 Å². The van der Waals surface area contributed by atoms with Gasteiger partial charge in [0.05, 0.1) is 53.3 Å². The van der Waals surface area contributed by atoms with Gasteiger partial charge in [-0.3, -0.25) is 48.2 Å². The molecule has 3 aromatic heterocycles. The highest BCUT2D eigenvalue weighted by Gasteiger charge is 2.66. The molecule has 2 unspecified atom stereocenters. The third kappa shape index (κ3) is 18.5. The van der Waals surface area contributed by atoms with Crippen molar-refractivity contribution in [1.29, 1.82) is 0 Å². The number of carboxylic acid groups (broad SMARTS) is 1. The van der Waals surface area contributed by atoms with Crippen molar-refractivity contribution in [1.82, 2.24) is 40.2 Å². The molecule has 0 radical (unpaired) electrons. The number of imide groups is 2. The Balaban J connectivity index is 0.668. The zero-order valence-corrected chi connectivity index (χ0v) is 61.9. The lowest BCUT2D eigenvalue weighted by molar-refractivity contribution is -0.250. The maximum absolute atomic E-state index is 14.2. The molecule has 0 saturated heterocycles. The van der Waals surface area contributed by atoms with Crippen molar-refractivity contribution in [2.24, 2.45) is 33.6 Å². The van der Waals surface area contributed by atoms with Crippen LogP contribution in [-0.4, -0.2) is 177 Å². The van der Waals surface area contributed by atoms with Crippen molar-refractivity contribution < 1.29 is 75.4 Å². The Morgan fingerprint density at radius 1 is 0.811 bits per heavy atom. The SMILES string of the molecule is Cc1c(-c2ccc(N3CCc4cccc(C(=O)Nc5nc6ccccc6s5)c4C3)nc2C(=O)O)cnn1CC12CC3(C)CC(C)(C1)CC(OCCOCCN(CCS(=O)(=O)O)C(=O)OCc1ccc(N(C(N)=O)C(=O)[C@H](CCCN)NC(=O)[C@@H](NC(=O)CCCCCN4C(=O)C=CC4=O)C(C)C)cc1)(C3)C2. The number of urea groups is 1. The van der Waals surface area contributed by atoms with Crippen LogP contribution in [-0.2, 0) is 74.4 Å². The number of ether oxygens (including phenoxy) is 3. The number of amides is 9. The normalized spacial score (nSPS) is 20.7. The van der Waals surface area contributed by atoms with Gasteiger partial charge in [0.15, 0.2) is 10.8 Å². The van der Waals surface area contributed by atoms with E-state index in [0.717, 1.165) is 75.4 Å². The average Bonchev–Trinajstić information content (AvgIpc) is 0.842. The molecule has 4 saturated carbocycles. The van der Waals surface area contributed by atoms with E-state index >= 15 is 0 Å². The monoisotopic (exact) mass is 1500 g/mol. The van der Waals surface area contributed by atoms with Gasteiger partial charge in [0.1, 0.15) is 24.5 Å². The zero-order valence-electron chi connectivity index (χ0n) is 60.3. The predicted octanol–water partition coefficient (Wildman–Crippen LogP) is 8.32. The summed E-state index contributed by atoms with van der Waals surface area (Å²) in [6, 6.07) is 19.2. The molecule has 4 bridgehead atoms. The molecule has 5 heterocycles. The zero-order chi connectivity index (χ0) is 75.9. The highest BCUT2D eigenvalue weighted by molar-refractivity contribution is 7.85. The van der Waals surface area contributed by atoms with Gasteiger partial charge in [-0.25, -0.2) is 29.3 Å². The third-order valence-corrected chi connectivity index (χ3v) is 22.4. The number of aromatic nitrogens is 4. The van der Waals surface area contributed by atoms with Gasteiger partial charge in [0.25, 0.3) is 33.7 Å². The van der Waals surface area contributed by atoms with Gasteiger partial charge in [0, 0.05) is 80.2 Å². The van der Waals surface area contributed by atoms with Crippen molar-refractivity contribution in [2.45, 2.75) is 155 Å². The molecule has 12 rings (SSSR count). The maximum atomic E-state index is 14.2. The second kappa shape index (κ2) is 32.7. The fourth-order valence-corrected chi connectivity index (χ4v) is 18.4. The van der Waals surface area contributed by atoms with Crippen LogP contribution in [0.1, 0.15) is 148 Å². The Bertz CT molecular complexity index is 4410. The number of thiazole rings is 1. The van der Waals surface area contributed by atoms with Crippen LogP contribution < -0.4 is 37.2 Å². The van der Waals surface area contributed by atoms with Crippen molar-refractivity contribution >= 4 is 102 Å². The number of fused-ring (bicyclic) bond motifs is 2. The number of nitrogens with two attached hydrogens (primary N) is 2. The number of aromatic carboxylic acids is 1. The number of unbranched alkanes of at least 4 members (excludes halogenated alkanes) is 2. The summed E-state index contributed by atoms with van der Waals surface area (Å²) in [5.74, 6) is -4.95. The molecule has 29 nitrogen and oxygen atoms in total. The number of hydrogen-bond acceptors (Lipinski definition) is 20. The molecule has 9 amide bonds. The molecular weight excluding hydrogens is 1400 g/mol. The van der Waals surface area contributed by atoms with E-state index in [2.05, 4.69) is 34.8 Å².